The van der Waals surface area contributed by atoms with Gasteiger partial charge in [-0.2, -0.15) is 5.26 Å². The lowest BCUT2D eigenvalue weighted by Gasteiger charge is -2.12. The van der Waals surface area contributed by atoms with E-state index in [2.05, 4.69) is 9.46 Å². The minimum Gasteiger partial charge on any atom is -0.482 e. The van der Waals surface area contributed by atoms with Gasteiger partial charge in [0.15, 0.2) is 11.9 Å². The Morgan fingerprint density at radius 1 is 1.48 bits per heavy atom. The first-order valence-corrected chi connectivity index (χ1v) is 7.68. The van der Waals surface area contributed by atoms with Gasteiger partial charge in [0.2, 0.25) is 10.0 Å². The second-order valence-electron chi connectivity index (χ2n) is 4.07. The summed E-state index contributed by atoms with van der Waals surface area (Å²) >= 11 is 0. The molecular formula is C13H16N2O5S. The maximum absolute atomic E-state index is 11.9. The van der Waals surface area contributed by atoms with Gasteiger partial charge in [0.05, 0.1) is 18.9 Å². The molecule has 0 saturated carbocycles. The van der Waals surface area contributed by atoms with E-state index in [1.54, 1.807) is 25.1 Å². The summed E-state index contributed by atoms with van der Waals surface area (Å²) in [5, 5.41) is 7.69. The molecule has 0 aliphatic heterocycles. The first-order chi connectivity index (χ1) is 9.92. The summed E-state index contributed by atoms with van der Waals surface area (Å²) in [6.07, 6.45) is 0.185. The average Bonchev–Trinajstić information content (AvgIpc) is 2.45. The number of nitrogens with one attached hydrogen (secondary N) is 1. The summed E-state index contributed by atoms with van der Waals surface area (Å²) in [6.45, 7) is 1.34. The highest BCUT2D eigenvalue weighted by atomic mass is 32.2. The van der Waals surface area contributed by atoms with Crippen LogP contribution >= 0.6 is 0 Å². The largest absolute Gasteiger partial charge is 0.482 e. The van der Waals surface area contributed by atoms with Crippen LogP contribution in [-0.2, 0) is 19.6 Å². The summed E-state index contributed by atoms with van der Waals surface area (Å²) in [5.41, 5.74) is 0.256. The number of benzene rings is 1. The van der Waals surface area contributed by atoms with Crippen molar-refractivity contribution in [3.8, 4) is 11.8 Å². The molecule has 0 aliphatic carbocycles. The van der Waals surface area contributed by atoms with E-state index in [1.807, 2.05) is 0 Å². The molecule has 0 aliphatic rings. The van der Waals surface area contributed by atoms with Crippen molar-refractivity contribution in [1.29, 1.82) is 5.26 Å². The van der Waals surface area contributed by atoms with Gasteiger partial charge >= 0.3 is 5.97 Å². The van der Waals surface area contributed by atoms with Crippen LogP contribution in [0.1, 0.15) is 13.3 Å². The molecule has 0 aromatic heterocycles. The fourth-order valence-corrected chi connectivity index (χ4v) is 2.64. The van der Waals surface area contributed by atoms with E-state index in [9.17, 15) is 13.2 Å². The van der Waals surface area contributed by atoms with E-state index < -0.39 is 21.2 Å². The van der Waals surface area contributed by atoms with Crippen LogP contribution < -0.4 is 9.46 Å². The van der Waals surface area contributed by atoms with Crippen LogP contribution in [0.2, 0.25) is 0 Å². The molecule has 1 N–H and O–H groups in total. The average molecular weight is 312 g/mol. The highest BCUT2D eigenvalue weighted by Gasteiger charge is 2.23. The third kappa shape index (κ3) is 4.96. The van der Waals surface area contributed by atoms with Crippen LogP contribution in [0.3, 0.4) is 0 Å². The van der Waals surface area contributed by atoms with E-state index in [0.717, 1.165) is 0 Å². The van der Waals surface area contributed by atoms with Crippen molar-refractivity contribution in [2.75, 3.05) is 18.4 Å². The normalized spacial score (nSPS) is 12.0. The third-order valence-corrected chi connectivity index (χ3v) is 4.28. The zero-order valence-electron chi connectivity index (χ0n) is 11.7. The zero-order valence-corrected chi connectivity index (χ0v) is 12.5. The molecule has 0 amide bonds. The molecule has 1 unspecified atom stereocenters. The summed E-state index contributed by atoms with van der Waals surface area (Å²) < 4.78 is 35.8. The summed E-state index contributed by atoms with van der Waals surface area (Å²) in [6, 6.07) is 7.81. The molecule has 0 saturated heterocycles. The van der Waals surface area contributed by atoms with Gasteiger partial charge in [0, 0.05) is 6.07 Å². The van der Waals surface area contributed by atoms with Crippen LogP contribution in [-0.4, -0.2) is 33.4 Å². The molecule has 0 heterocycles. The third-order valence-electron chi connectivity index (χ3n) is 2.57. The van der Waals surface area contributed by atoms with Crippen LogP contribution in [0, 0.1) is 11.3 Å². The zero-order chi connectivity index (χ0) is 15.9. The Balaban J connectivity index is 2.82. The second-order valence-corrected chi connectivity index (χ2v) is 5.93. The fraction of sp³-hybridized carbons (Fsp3) is 0.385. The predicted octanol–water partition coefficient (Wildman–Crippen LogP) is 1.28. The van der Waals surface area contributed by atoms with Crippen molar-refractivity contribution in [3.63, 3.8) is 0 Å². The minimum atomic E-state index is -3.79. The molecular weight excluding hydrogens is 296 g/mol. The van der Waals surface area contributed by atoms with Crippen LogP contribution in [0.25, 0.3) is 0 Å². The predicted molar refractivity (Wildman–Crippen MR) is 76.2 cm³/mol. The number of sulfonamides is 1. The van der Waals surface area contributed by atoms with Crippen molar-refractivity contribution in [2.24, 2.45) is 0 Å². The van der Waals surface area contributed by atoms with Gasteiger partial charge in [-0.3, -0.25) is 4.72 Å². The molecule has 0 spiro atoms. The van der Waals surface area contributed by atoms with Gasteiger partial charge < -0.3 is 9.47 Å². The molecule has 0 radical (unpaired) electrons. The number of rotatable bonds is 7. The van der Waals surface area contributed by atoms with Gasteiger partial charge in [-0.05, 0) is 18.6 Å². The first kappa shape index (κ1) is 16.8. The standard InChI is InChI=1S/C13H16N2O5S/c1-3-12(8-14)21(17,18)15-10-5-4-6-11(7-10)20-9-13(16)19-2/h4-7,12,15H,3,9H2,1-2H3. The maximum atomic E-state index is 11.9. The Hall–Kier alpha value is -2.27. The number of methoxy groups -OCH3 is 1. The van der Waals surface area contributed by atoms with Crippen molar-refractivity contribution >= 4 is 21.7 Å². The van der Waals surface area contributed by atoms with Crippen molar-refractivity contribution in [1.82, 2.24) is 0 Å². The van der Waals surface area contributed by atoms with Gasteiger partial charge in [-0.25, -0.2) is 13.2 Å². The second kappa shape index (κ2) is 7.50. The number of carbonyl (C=O) groups excluding carboxylic acids is 1. The van der Waals surface area contributed by atoms with Crippen molar-refractivity contribution < 1.29 is 22.7 Å². The first-order valence-electron chi connectivity index (χ1n) is 6.14. The molecule has 1 rings (SSSR count). The SMILES string of the molecule is CCC(C#N)S(=O)(=O)Nc1cccc(OCC(=O)OC)c1. The molecule has 1 aromatic carbocycles. The van der Waals surface area contributed by atoms with Gasteiger partial charge in [-0.15, -0.1) is 0 Å². The fourth-order valence-electron chi connectivity index (χ4n) is 1.47. The molecule has 7 nitrogen and oxygen atoms in total. The van der Waals surface area contributed by atoms with E-state index in [4.69, 9.17) is 10.00 Å². The Morgan fingerprint density at radius 2 is 2.19 bits per heavy atom. The number of carbonyl (C=O) groups is 1. The van der Waals surface area contributed by atoms with Crippen LogP contribution in [0.15, 0.2) is 24.3 Å². The summed E-state index contributed by atoms with van der Waals surface area (Å²) in [4.78, 5) is 11.0. The number of nitriles is 1. The lowest BCUT2D eigenvalue weighted by Crippen LogP contribution is -2.25. The maximum Gasteiger partial charge on any atom is 0.343 e. The number of anilines is 1. The smallest absolute Gasteiger partial charge is 0.343 e. The lowest BCUT2D eigenvalue weighted by atomic mass is 10.3. The molecule has 8 heteroatoms. The Kier molecular flexibility index (Phi) is 5.99. The lowest BCUT2D eigenvalue weighted by molar-refractivity contribution is -0.142. The van der Waals surface area contributed by atoms with Crippen LogP contribution in [0.5, 0.6) is 5.75 Å². The van der Waals surface area contributed by atoms with Crippen LogP contribution in [0.4, 0.5) is 5.69 Å². The topological polar surface area (TPSA) is 105 Å². The van der Waals surface area contributed by atoms with Crippen molar-refractivity contribution in [2.45, 2.75) is 18.6 Å². The minimum absolute atomic E-state index is 0.185. The van der Waals surface area contributed by atoms with E-state index in [1.165, 1.54) is 19.2 Å². The molecule has 114 valence electrons. The van der Waals surface area contributed by atoms with E-state index in [0.29, 0.717) is 5.75 Å². The van der Waals surface area contributed by atoms with E-state index >= 15 is 0 Å². The molecule has 1 atom stereocenters. The van der Waals surface area contributed by atoms with Crippen molar-refractivity contribution in [3.05, 3.63) is 24.3 Å². The summed E-state index contributed by atoms with van der Waals surface area (Å²) in [5.74, 6) is -0.234. The molecule has 21 heavy (non-hydrogen) atoms. The van der Waals surface area contributed by atoms with Gasteiger partial charge in [0.1, 0.15) is 5.75 Å². The molecule has 0 bridgehead atoms. The van der Waals surface area contributed by atoms with Gasteiger partial charge in [-0.1, -0.05) is 13.0 Å². The quantitative estimate of drug-likeness (QED) is 0.760. The highest BCUT2D eigenvalue weighted by molar-refractivity contribution is 7.93. The van der Waals surface area contributed by atoms with Gasteiger partial charge in [0.25, 0.3) is 0 Å². The number of nitrogens with zero attached hydrogens (tertiary/aromatic N) is 1. The highest BCUT2D eigenvalue weighted by Crippen LogP contribution is 2.20. The number of esters is 1. The number of ether oxygens (including phenoxy) is 2. The Bertz CT molecular complexity index is 636. The Morgan fingerprint density at radius 3 is 2.76 bits per heavy atom. The monoisotopic (exact) mass is 312 g/mol. The number of hydrogen-bond acceptors (Lipinski definition) is 6. The Labute approximate surface area is 123 Å². The summed E-state index contributed by atoms with van der Waals surface area (Å²) in [7, 11) is -2.55. The van der Waals surface area contributed by atoms with E-state index in [-0.39, 0.29) is 18.7 Å². The molecule has 0 fully saturated rings. The molecule has 1 aromatic rings. The number of hydrogen-bond donors (Lipinski definition) is 1.